The summed E-state index contributed by atoms with van der Waals surface area (Å²) in [6.07, 6.45) is 2.60. The summed E-state index contributed by atoms with van der Waals surface area (Å²) in [5.74, 6) is 1.23. The van der Waals surface area contributed by atoms with Crippen molar-refractivity contribution in [3.8, 4) is 0 Å². The monoisotopic (exact) mass is 256 g/mol. The Morgan fingerprint density at radius 2 is 2.29 bits per heavy atom. The second-order valence-corrected chi connectivity index (χ2v) is 4.91. The Morgan fingerprint density at radius 3 is 2.94 bits per heavy atom. The summed E-state index contributed by atoms with van der Waals surface area (Å²) >= 11 is 5.91. The van der Waals surface area contributed by atoms with Gasteiger partial charge in [0.05, 0.1) is 24.3 Å². The molecule has 2 heterocycles. The number of pyridine rings is 1. The van der Waals surface area contributed by atoms with Gasteiger partial charge in [-0.15, -0.1) is 0 Å². The third-order valence-electron chi connectivity index (χ3n) is 3.45. The van der Waals surface area contributed by atoms with Gasteiger partial charge in [-0.2, -0.15) is 0 Å². The molecule has 0 radical (unpaired) electrons. The summed E-state index contributed by atoms with van der Waals surface area (Å²) in [5, 5.41) is 19.1. The molecule has 17 heavy (non-hydrogen) atoms. The summed E-state index contributed by atoms with van der Waals surface area (Å²) < 4.78 is 0. The van der Waals surface area contributed by atoms with E-state index in [-0.39, 0.29) is 19.3 Å². The van der Waals surface area contributed by atoms with Crippen LogP contribution in [0.2, 0.25) is 5.02 Å². The van der Waals surface area contributed by atoms with Crippen LogP contribution in [0, 0.1) is 5.92 Å². The van der Waals surface area contributed by atoms with Crippen LogP contribution in [0.15, 0.2) is 12.3 Å². The SMILES string of the molecule is CC1CCN(c2cc(CO)c(Cl)cn2)C1CO. The molecule has 2 unspecified atom stereocenters. The summed E-state index contributed by atoms with van der Waals surface area (Å²) in [6.45, 7) is 3.04. The van der Waals surface area contributed by atoms with Crippen molar-refractivity contribution < 1.29 is 10.2 Å². The molecule has 2 rings (SSSR count). The van der Waals surface area contributed by atoms with Crippen LogP contribution in [-0.4, -0.2) is 34.4 Å². The van der Waals surface area contributed by atoms with Gasteiger partial charge in [-0.1, -0.05) is 18.5 Å². The molecule has 94 valence electrons. The minimum atomic E-state index is -0.0957. The average Bonchev–Trinajstić information content (AvgIpc) is 2.71. The van der Waals surface area contributed by atoms with Gasteiger partial charge in [0, 0.05) is 18.3 Å². The zero-order valence-electron chi connectivity index (χ0n) is 9.80. The lowest BCUT2D eigenvalue weighted by atomic mass is 10.0. The van der Waals surface area contributed by atoms with Crippen molar-refractivity contribution in [3.63, 3.8) is 0 Å². The minimum Gasteiger partial charge on any atom is -0.394 e. The number of halogens is 1. The third-order valence-corrected chi connectivity index (χ3v) is 3.79. The van der Waals surface area contributed by atoms with Crippen LogP contribution in [0.1, 0.15) is 18.9 Å². The molecule has 0 amide bonds. The van der Waals surface area contributed by atoms with Crippen molar-refractivity contribution in [2.75, 3.05) is 18.1 Å². The largest absolute Gasteiger partial charge is 0.394 e. The van der Waals surface area contributed by atoms with Gasteiger partial charge in [-0.3, -0.25) is 0 Å². The van der Waals surface area contributed by atoms with Crippen LogP contribution in [0.3, 0.4) is 0 Å². The number of hydrogen-bond acceptors (Lipinski definition) is 4. The zero-order valence-corrected chi connectivity index (χ0v) is 10.6. The molecule has 0 saturated carbocycles. The maximum absolute atomic E-state index is 9.40. The highest BCUT2D eigenvalue weighted by atomic mass is 35.5. The van der Waals surface area contributed by atoms with Crippen molar-refractivity contribution in [3.05, 3.63) is 22.8 Å². The number of aliphatic hydroxyl groups excluding tert-OH is 2. The van der Waals surface area contributed by atoms with Crippen LogP contribution in [0.4, 0.5) is 5.82 Å². The van der Waals surface area contributed by atoms with Crippen LogP contribution in [0.5, 0.6) is 0 Å². The maximum atomic E-state index is 9.40. The van der Waals surface area contributed by atoms with Crippen molar-refractivity contribution in [2.24, 2.45) is 5.92 Å². The molecule has 0 aromatic carbocycles. The average molecular weight is 257 g/mol. The topological polar surface area (TPSA) is 56.6 Å². The first-order valence-electron chi connectivity index (χ1n) is 5.80. The van der Waals surface area contributed by atoms with E-state index in [1.165, 1.54) is 0 Å². The molecule has 0 aliphatic carbocycles. The Labute approximate surface area is 106 Å². The fourth-order valence-corrected chi connectivity index (χ4v) is 2.48. The van der Waals surface area contributed by atoms with Crippen LogP contribution in [0.25, 0.3) is 0 Å². The molecule has 2 N–H and O–H groups in total. The molecule has 1 aliphatic heterocycles. The van der Waals surface area contributed by atoms with Crippen LogP contribution < -0.4 is 4.90 Å². The Bertz CT molecular complexity index is 400. The quantitative estimate of drug-likeness (QED) is 0.859. The van der Waals surface area contributed by atoms with E-state index < -0.39 is 0 Å². The highest BCUT2D eigenvalue weighted by molar-refractivity contribution is 6.31. The van der Waals surface area contributed by atoms with E-state index in [1.807, 2.05) is 0 Å². The van der Waals surface area contributed by atoms with Gasteiger partial charge in [0.15, 0.2) is 0 Å². The van der Waals surface area contributed by atoms with E-state index in [2.05, 4.69) is 16.8 Å². The highest BCUT2D eigenvalue weighted by Crippen LogP contribution is 2.29. The predicted molar refractivity (Wildman–Crippen MR) is 67.2 cm³/mol. The molecule has 5 heteroatoms. The van der Waals surface area contributed by atoms with E-state index in [9.17, 15) is 10.2 Å². The van der Waals surface area contributed by atoms with Crippen LogP contribution in [-0.2, 0) is 6.61 Å². The van der Waals surface area contributed by atoms with Gasteiger partial charge in [0.25, 0.3) is 0 Å². The van der Waals surface area contributed by atoms with Gasteiger partial charge in [-0.05, 0) is 18.4 Å². The predicted octanol–water partition coefficient (Wildman–Crippen LogP) is 1.43. The van der Waals surface area contributed by atoms with Gasteiger partial charge < -0.3 is 15.1 Å². The third kappa shape index (κ3) is 2.39. The molecule has 1 aromatic heterocycles. The summed E-state index contributed by atoms with van der Waals surface area (Å²) in [7, 11) is 0. The number of anilines is 1. The Hall–Kier alpha value is -0.840. The smallest absolute Gasteiger partial charge is 0.129 e. The van der Waals surface area contributed by atoms with E-state index in [0.29, 0.717) is 16.5 Å². The maximum Gasteiger partial charge on any atom is 0.129 e. The zero-order chi connectivity index (χ0) is 12.4. The van der Waals surface area contributed by atoms with Crippen LogP contribution >= 0.6 is 11.6 Å². The van der Waals surface area contributed by atoms with E-state index >= 15 is 0 Å². The van der Waals surface area contributed by atoms with E-state index in [1.54, 1.807) is 12.3 Å². The molecule has 1 fully saturated rings. The number of aliphatic hydroxyl groups is 2. The Balaban J connectivity index is 2.28. The van der Waals surface area contributed by atoms with E-state index in [4.69, 9.17) is 11.6 Å². The second kappa shape index (κ2) is 5.21. The van der Waals surface area contributed by atoms with Crippen molar-refractivity contribution in [1.82, 2.24) is 4.98 Å². The van der Waals surface area contributed by atoms with Gasteiger partial charge in [0.1, 0.15) is 5.82 Å². The summed E-state index contributed by atoms with van der Waals surface area (Å²) in [6, 6.07) is 1.90. The van der Waals surface area contributed by atoms with Crippen molar-refractivity contribution >= 4 is 17.4 Å². The standard InChI is InChI=1S/C12H17ClN2O2/c1-8-2-3-15(11(8)7-17)12-4-9(6-16)10(13)5-14-12/h4-5,8,11,16-17H,2-3,6-7H2,1H3. The molecule has 0 bridgehead atoms. The number of aromatic nitrogens is 1. The van der Waals surface area contributed by atoms with Gasteiger partial charge in [-0.25, -0.2) is 4.98 Å². The first-order chi connectivity index (χ1) is 8.17. The minimum absolute atomic E-state index is 0.0957. The molecule has 0 spiro atoms. The van der Waals surface area contributed by atoms with Gasteiger partial charge >= 0.3 is 0 Å². The lowest BCUT2D eigenvalue weighted by Crippen LogP contribution is -2.35. The lowest BCUT2D eigenvalue weighted by Gasteiger charge is -2.26. The first-order valence-corrected chi connectivity index (χ1v) is 6.18. The molecular weight excluding hydrogens is 240 g/mol. The normalized spacial score (nSPS) is 24.4. The highest BCUT2D eigenvalue weighted by Gasteiger charge is 2.31. The first kappa shape index (κ1) is 12.6. The number of nitrogens with zero attached hydrogens (tertiary/aromatic N) is 2. The van der Waals surface area contributed by atoms with E-state index in [0.717, 1.165) is 18.8 Å². The molecule has 1 saturated heterocycles. The van der Waals surface area contributed by atoms with Gasteiger partial charge in [0.2, 0.25) is 0 Å². The molecular formula is C12H17ClN2O2. The fraction of sp³-hybridized carbons (Fsp3) is 0.583. The fourth-order valence-electron chi connectivity index (χ4n) is 2.32. The second-order valence-electron chi connectivity index (χ2n) is 4.50. The Morgan fingerprint density at radius 1 is 1.53 bits per heavy atom. The molecule has 2 atom stereocenters. The number of rotatable bonds is 3. The van der Waals surface area contributed by atoms with Crippen molar-refractivity contribution in [1.29, 1.82) is 0 Å². The Kier molecular flexibility index (Phi) is 3.86. The van der Waals surface area contributed by atoms with Crippen molar-refractivity contribution in [2.45, 2.75) is 26.0 Å². The molecule has 4 nitrogen and oxygen atoms in total. The summed E-state index contributed by atoms with van der Waals surface area (Å²) in [5.41, 5.74) is 0.674. The molecule has 1 aliphatic rings. The lowest BCUT2D eigenvalue weighted by molar-refractivity contribution is 0.244. The summed E-state index contributed by atoms with van der Waals surface area (Å²) in [4.78, 5) is 6.36. The number of hydrogen-bond donors (Lipinski definition) is 2. The molecule has 1 aromatic rings.